The Labute approximate surface area is 60.1 Å². The molecular weight excluding hydrogens is 167 g/mol. The van der Waals surface area contributed by atoms with Gasteiger partial charge in [0.05, 0.1) is 0 Å². The van der Waals surface area contributed by atoms with Crippen molar-refractivity contribution in [2.24, 2.45) is 10.8 Å². The molecule has 0 saturated carbocycles. The summed E-state index contributed by atoms with van der Waals surface area (Å²) < 4.78 is 33.7. The summed E-state index contributed by atoms with van der Waals surface area (Å²) in [5.41, 5.74) is 6.52. The number of hydrogen-bond acceptors (Lipinski definition) is 2. The van der Waals surface area contributed by atoms with Crippen LogP contribution in [0.15, 0.2) is 5.10 Å². The van der Waals surface area contributed by atoms with Crippen LogP contribution in [0, 0.1) is 0 Å². The van der Waals surface area contributed by atoms with Crippen LogP contribution in [0.2, 0.25) is 0 Å². The Morgan fingerprint density at radius 1 is 1.60 bits per heavy atom. The normalized spacial score (nSPS) is 11.9. The Bertz CT molecular complexity index is 152. The third kappa shape index (κ3) is 7.15. The lowest BCUT2D eigenvalue weighted by molar-refractivity contribution is -0.0538. The van der Waals surface area contributed by atoms with Gasteiger partial charge in [0.2, 0.25) is 0 Å². The summed E-state index contributed by atoms with van der Waals surface area (Å²) >= 11 is 4.17. The fraction of sp³-hybridized carbons (Fsp3) is 0.333. The maximum atomic E-state index is 11.2. The van der Waals surface area contributed by atoms with E-state index in [1.54, 1.807) is 5.43 Å². The molecule has 0 heterocycles. The van der Waals surface area contributed by atoms with E-state index < -0.39 is 6.18 Å². The molecule has 0 spiro atoms. The summed E-state index contributed by atoms with van der Waals surface area (Å²) in [6.45, 7) is 0. The standard InChI is InChI=1S/C3H4F3N3S/c4-3(5,6)1-8-9-2(7)10/h1H,(H3,7,9,10)/b8-1-. The molecule has 10 heavy (non-hydrogen) atoms. The number of hydrazone groups is 1. The van der Waals surface area contributed by atoms with Crippen molar-refractivity contribution in [3.05, 3.63) is 0 Å². The topological polar surface area (TPSA) is 50.4 Å². The molecule has 0 aliphatic heterocycles. The number of hydrogen-bond donors (Lipinski definition) is 2. The van der Waals surface area contributed by atoms with Gasteiger partial charge in [-0.2, -0.15) is 18.3 Å². The van der Waals surface area contributed by atoms with Gasteiger partial charge in [-0.25, -0.2) is 0 Å². The van der Waals surface area contributed by atoms with E-state index in [2.05, 4.69) is 17.3 Å². The van der Waals surface area contributed by atoms with Gasteiger partial charge in [-0.15, -0.1) is 0 Å². The zero-order chi connectivity index (χ0) is 8.20. The van der Waals surface area contributed by atoms with E-state index in [0.29, 0.717) is 0 Å². The number of nitrogens with one attached hydrogen (secondary N) is 1. The van der Waals surface area contributed by atoms with E-state index in [0.717, 1.165) is 0 Å². The van der Waals surface area contributed by atoms with Crippen LogP contribution in [0.4, 0.5) is 13.2 Å². The molecule has 3 N–H and O–H groups in total. The number of nitrogens with two attached hydrogens (primary N) is 1. The van der Waals surface area contributed by atoms with E-state index in [-0.39, 0.29) is 11.3 Å². The van der Waals surface area contributed by atoms with Crippen molar-refractivity contribution in [3.8, 4) is 0 Å². The molecule has 0 aromatic heterocycles. The van der Waals surface area contributed by atoms with Crippen molar-refractivity contribution in [2.75, 3.05) is 0 Å². The van der Waals surface area contributed by atoms with Gasteiger partial charge in [0.15, 0.2) is 5.11 Å². The second kappa shape index (κ2) is 3.35. The second-order valence-electron chi connectivity index (χ2n) is 1.28. The Kier molecular flexibility index (Phi) is 3.07. The fourth-order valence-corrected chi connectivity index (χ4v) is 0.222. The average molecular weight is 171 g/mol. The zero-order valence-electron chi connectivity index (χ0n) is 4.64. The lowest BCUT2D eigenvalue weighted by atomic mass is 10.7. The number of rotatable bonds is 1. The molecule has 0 atom stereocenters. The summed E-state index contributed by atoms with van der Waals surface area (Å²) in [4.78, 5) is 0. The van der Waals surface area contributed by atoms with Crippen LogP contribution in [0.5, 0.6) is 0 Å². The highest BCUT2D eigenvalue weighted by atomic mass is 32.1. The average Bonchev–Trinajstić information content (AvgIpc) is 1.59. The first kappa shape index (κ1) is 9.15. The van der Waals surface area contributed by atoms with Crippen molar-refractivity contribution in [3.63, 3.8) is 0 Å². The Balaban J connectivity index is 3.67. The molecule has 0 aliphatic rings. The lowest BCUT2D eigenvalue weighted by Crippen LogP contribution is -2.25. The highest BCUT2D eigenvalue weighted by Crippen LogP contribution is 2.09. The van der Waals surface area contributed by atoms with Gasteiger partial charge in [-0.3, -0.25) is 5.43 Å². The van der Waals surface area contributed by atoms with E-state index in [9.17, 15) is 13.2 Å². The van der Waals surface area contributed by atoms with E-state index >= 15 is 0 Å². The summed E-state index contributed by atoms with van der Waals surface area (Å²) in [6, 6.07) is 0. The molecule has 0 unspecified atom stereocenters. The van der Waals surface area contributed by atoms with Crippen molar-refractivity contribution < 1.29 is 13.2 Å². The number of halogens is 3. The number of alkyl halides is 3. The summed E-state index contributed by atoms with van der Waals surface area (Å²) in [7, 11) is 0. The molecule has 0 fully saturated rings. The van der Waals surface area contributed by atoms with Gasteiger partial charge < -0.3 is 5.73 Å². The predicted octanol–water partition coefficient (Wildman–Crippen LogP) is 0.368. The molecule has 0 radical (unpaired) electrons. The molecule has 0 aromatic carbocycles. The van der Waals surface area contributed by atoms with E-state index in [1.807, 2.05) is 0 Å². The van der Waals surface area contributed by atoms with Crippen molar-refractivity contribution >= 4 is 23.5 Å². The van der Waals surface area contributed by atoms with Crippen LogP contribution in [-0.4, -0.2) is 17.5 Å². The van der Waals surface area contributed by atoms with Crippen molar-refractivity contribution in [1.29, 1.82) is 0 Å². The Morgan fingerprint density at radius 3 is 2.40 bits per heavy atom. The Morgan fingerprint density at radius 2 is 2.10 bits per heavy atom. The summed E-state index contributed by atoms with van der Waals surface area (Å²) in [5.74, 6) is 0. The molecular formula is C3H4F3N3S. The molecule has 3 nitrogen and oxygen atoms in total. The van der Waals surface area contributed by atoms with Gasteiger partial charge >= 0.3 is 6.18 Å². The van der Waals surface area contributed by atoms with Gasteiger partial charge in [-0.05, 0) is 12.2 Å². The van der Waals surface area contributed by atoms with Crippen molar-refractivity contribution in [2.45, 2.75) is 6.18 Å². The first-order valence-electron chi connectivity index (χ1n) is 2.08. The van der Waals surface area contributed by atoms with Crippen LogP contribution in [-0.2, 0) is 0 Å². The summed E-state index contributed by atoms with van der Waals surface area (Å²) in [6.07, 6.45) is -4.68. The predicted molar refractivity (Wildman–Crippen MR) is 34.5 cm³/mol. The van der Waals surface area contributed by atoms with Crippen molar-refractivity contribution in [1.82, 2.24) is 5.43 Å². The molecule has 0 aromatic rings. The zero-order valence-corrected chi connectivity index (χ0v) is 5.46. The molecule has 58 valence electrons. The quantitative estimate of drug-likeness (QED) is 0.340. The van der Waals surface area contributed by atoms with Gasteiger partial charge in [-0.1, -0.05) is 0 Å². The molecule has 0 rings (SSSR count). The highest BCUT2D eigenvalue weighted by molar-refractivity contribution is 7.80. The SMILES string of the molecule is NC(=S)N/N=C\C(F)(F)F. The molecule has 0 bridgehead atoms. The van der Waals surface area contributed by atoms with E-state index in [4.69, 9.17) is 5.73 Å². The third-order valence-electron chi connectivity index (χ3n) is 0.386. The highest BCUT2D eigenvalue weighted by Gasteiger charge is 2.23. The fourth-order valence-electron chi connectivity index (χ4n) is 0.169. The van der Waals surface area contributed by atoms with Crippen LogP contribution in [0.3, 0.4) is 0 Å². The largest absolute Gasteiger partial charge is 0.428 e. The van der Waals surface area contributed by atoms with Crippen LogP contribution < -0.4 is 11.2 Å². The smallest absolute Gasteiger partial charge is 0.375 e. The summed E-state index contributed by atoms with van der Waals surface area (Å²) in [5, 5.41) is 2.37. The second-order valence-corrected chi connectivity index (χ2v) is 1.72. The Hall–Kier alpha value is -0.850. The van der Waals surface area contributed by atoms with E-state index in [1.165, 1.54) is 0 Å². The minimum Gasteiger partial charge on any atom is -0.375 e. The number of thiocarbonyl (C=S) groups is 1. The van der Waals surface area contributed by atoms with Gasteiger partial charge in [0.1, 0.15) is 6.21 Å². The number of nitrogens with zero attached hydrogens (tertiary/aromatic N) is 1. The maximum Gasteiger partial charge on any atom is 0.428 e. The maximum absolute atomic E-state index is 11.2. The molecule has 0 amide bonds. The van der Waals surface area contributed by atoms with Crippen LogP contribution >= 0.6 is 12.2 Å². The lowest BCUT2D eigenvalue weighted by Gasteiger charge is -1.96. The third-order valence-corrected chi connectivity index (χ3v) is 0.477. The van der Waals surface area contributed by atoms with Crippen LogP contribution in [0.1, 0.15) is 0 Å². The first-order chi connectivity index (χ1) is 4.42. The first-order valence-corrected chi connectivity index (χ1v) is 2.49. The minimum atomic E-state index is -4.43. The monoisotopic (exact) mass is 171 g/mol. The van der Waals surface area contributed by atoms with Crippen LogP contribution in [0.25, 0.3) is 0 Å². The molecule has 0 aliphatic carbocycles. The molecule has 7 heteroatoms. The van der Waals surface area contributed by atoms with Gasteiger partial charge in [0, 0.05) is 0 Å². The molecule has 0 saturated heterocycles. The minimum absolute atomic E-state index is 0.244. The van der Waals surface area contributed by atoms with Gasteiger partial charge in [0.25, 0.3) is 0 Å².